The van der Waals surface area contributed by atoms with Crippen LogP contribution < -0.4 is 9.64 Å². The molecule has 1 amide bonds. The van der Waals surface area contributed by atoms with Crippen LogP contribution in [-0.4, -0.2) is 60.5 Å². The summed E-state index contributed by atoms with van der Waals surface area (Å²) < 4.78 is 5.56. The van der Waals surface area contributed by atoms with Gasteiger partial charge in [0.05, 0.1) is 18.2 Å². The fourth-order valence-electron chi connectivity index (χ4n) is 3.38. The van der Waals surface area contributed by atoms with Crippen molar-refractivity contribution >= 4 is 23.3 Å². The van der Waals surface area contributed by atoms with Crippen LogP contribution in [0.2, 0.25) is 0 Å². The van der Waals surface area contributed by atoms with Crippen LogP contribution in [-0.2, 0) is 9.59 Å². The highest BCUT2D eigenvalue weighted by Crippen LogP contribution is 2.34. The Balaban J connectivity index is 1.73. The lowest BCUT2D eigenvalue weighted by Crippen LogP contribution is -2.42. The Morgan fingerprint density at radius 3 is 2.84 bits per heavy atom. The van der Waals surface area contributed by atoms with E-state index in [1.807, 2.05) is 4.90 Å². The number of Topliss-reactive ketones (excluding diaryl/α,β-unsaturated/α-hetero) is 1. The number of ketones is 1. The number of benzene rings is 1. The van der Waals surface area contributed by atoms with Crippen LogP contribution in [0.25, 0.3) is 0 Å². The predicted octanol–water partition coefficient (Wildman–Crippen LogP) is 1.41. The Kier molecular flexibility index (Phi) is 4.76. The molecule has 3 rings (SSSR count). The van der Waals surface area contributed by atoms with Gasteiger partial charge in [-0.25, -0.2) is 0 Å². The third-order valence-electron chi connectivity index (χ3n) is 4.85. The summed E-state index contributed by atoms with van der Waals surface area (Å²) in [6.45, 7) is 2.98. The van der Waals surface area contributed by atoms with Crippen LogP contribution in [0.1, 0.15) is 30.1 Å². The fourth-order valence-corrected chi connectivity index (χ4v) is 3.38. The van der Waals surface area contributed by atoms with Gasteiger partial charge in [-0.3, -0.25) is 19.3 Å². The molecule has 0 aromatic heterocycles. The number of rotatable bonds is 4. The first kappa shape index (κ1) is 17.4. The minimum Gasteiger partial charge on any atom is -0.481 e. The molecule has 1 N–H and O–H groups in total. The van der Waals surface area contributed by atoms with Gasteiger partial charge in [0.2, 0.25) is 0 Å². The van der Waals surface area contributed by atoms with E-state index in [2.05, 4.69) is 0 Å². The van der Waals surface area contributed by atoms with Gasteiger partial charge >= 0.3 is 5.97 Å². The highest BCUT2D eigenvalue weighted by Gasteiger charge is 2.30. The van der Waals surface area contributed by atoms with Crippen molar-refractivity contribution in [2.24, 2.45) is 5.92 Å². The maximum atomic E-state index is 12.6. The van der Waals surface area contributed by atoms with Crippen molar-refractivity contribution in [3.63, 3.8) is 0 Å². The summed E-state index contributed by atoms with van der Waals surface area (Å²) in [7, 11) is 1.66. The number of likely N-dealkylation sites (N-methyl/N-ethyl adjacent to an activating group) is 1. The average Bonchev–Trinajstić information content (AvgIpc) is 2.59. The molecule has 25 heavy (non-hydrogen) atoms. The number of nitrogens with zero attached hydrogens (tertiary/aromatic N) is 2. The maximum Gasteiger partial charge on any atom is 0.307 e. The van der Waals surface area contributed by atoms with Crippen molar-refractivity contribution in [2.75, 3.05) is 31.6 Å². The summed E-state index contributed by atoms with van der Waals surface area (Å²) >= 11 is 0. The van der Waals surface area contributed by atoms with Crippen LogP contribution in [0.5, 0.6) is 5.75 Å². The van der Waals surface area contributed by atoms with E-state index in [1.165, 1.54) is 4.90 Å². The number of fused-ring (bicyclic) bond motifs is 1. The van der Waals surface area contributed by atoms with Gasteiger partial charge in [0, 0.05) is 19.2 Å². The van der Waals surface area contributed by atoms with Crippen molar-refractivity contribution in [1.82, 2.24) is 4.90 Å². The lowest BCUT2D eigenvalue weighted by atomic mass is 9.97. The number of carboxylic acid groups (broad SMARTS) is 1. The van der Waals surface area contributed by atoms with E-state index in [0.717, 1.165) is 13.0 Å². The van der Waals surface area contributed by atoms with E-state index in [0.29, 0.717) is 30.0 Å². The Bertz CT molecular complexity index is 717. The van der Waals surface area contributed by atoms with Crippen molar-refractivity contribution in [3.8, 4) is 5.75 Å². The summed E-state index contributed by atoms with van der Waals surface area (Å²) in [6.07, 6.45) is 0.888. The number of amides is 1. The SMILES string of the molecule is CC1Oc2ccc(C(=O)CN3CCCC(C(=O)O)C3)cc2N(C)C1=O. The summed E-state index contributed by atoms with van der Waals surface area (Å²) in [4.78, 5) is 39.2. The second kappa shape index (κ2) is 6.84. The molecule has 7 heteroatoms. The van der Waals surface area contributed by atoms with Crippen molar-refractivity contribution in [2.45, 2.75) is 25.9 Å². The molecule has 1 aromatic rings. The first-order valence-corrected chi connectivity index (χ1v) is 8.43. The standard InChI is InChI=1S/C18H22N2O5/c1-11-17(22)19(2)14-8-12(5-6-16(14)25-11)15(21)10-20-7-3-4-13(9-20)18(23)24/h5-6,8,11,13H,3-4,7,9-10H2,1-2H3,(H,23,24). The quantitative estimate of drug-likeness (QED) is 0.830. The number of likely N-dealkylation sites (tertiary alicyclic amines) is 1. The molecule has 7 nitrogen and oxygen atoms in total. The summed E-state index contributed by atoms with van der Waals surface area (Å²) in [5, 5.41) is 9.15. The zero-order valence-electron chi connectivity index (χ0n) is 14.4. The molecule has 1 saturated heterocycles. The number of anilines is 1. The summed E-state index contributed by atoms with van der Waals surface area (Å²) in [5.74, 6) is -0.887. The van der Waals surface area contributed by atoms with Crippen LogP contribution >= 0.6 is 0 Å². The number of hydrogen-bond acceptors (Lipinski definition) is 5. The Labute approximate surface area is 146 Å². The molecule has 2 atom stereocenters. The smallest absolute Gasteiger partial charge is 0.307 e. The number of carbonyl (C=O) groups is 3. The first-order valence-electron chi connectivity index (χ1n) is 8.43. The number of carbonyl (C=O) groups excluding carboxylic acids is 2. The summed E-state index contributed by atoms with van der Waals surface area (Å²) in [6, 6.07) is 5.06. The molecule has 134 valence electrons. The fraction of sp³-hybridized carbons (Fsp3) is 0.500. The van der Waals surface area contributed by atoms with Gasteiger partial charge < -0.3 is 14.7 Å². The minimum absolute atomic E-state index is 0.0895. The molecule has 0 bridgehead atoms. The molecule has 0 spiro atoms. The van der Waals surface area contributed by atoms with Crippen molar-refractivity contribution in [3.05, 3.63) is 23.8 Å². The van der Waals surface area contributed by atoms with E-state index in [-0.39, 0.29) is 18.2 Å². The second-order valence-corrected chi connectivity index (χ2v) is 6.68. The van der Waals surface area contributed by atoms with E-state index < -0.39 is 18.0 Å². The monoisotopic (exact) mass is 346 g/mol. The van der Waals surface area contributed by atoms with Crippen LogP contribution in [0.15, 0.2) is 18.2 Å². The van der Waals surface area contributed by atoms with Crippen LogP contribution in [0.3, 0.4) is 0 Å². The van der Waals surface area contributed by atoms with Crippen LogP contribution in [0.4, 0.5) is 5.69 Å². The van der Waals surface area contributed by atoms with Gasteiger partial charge in [0.25, 0.3) is 5.91 Å². The third kappa shape index (κ3) is 3.51. The Morgan fingerprint density at radius 2 is 2.12 bits per heavy atom. The topological polar surface area (TPSA) is 87.2 Å². The molecule has 2 unspecified atom stereocenters. The first-order chi connectivity index (χ1) is 11.9. The summed E-state index contributed by atoms with van der Waals surface area (Å²) in [5.41, 5.74) is 1.07. The number of hydrogen-bond donors (Lipinski definition) is 1. The van der Waals surface area contributed by atoms with Gasteiger partial charge in [0.1, 0.15) is 5.75 Å². The highest BCUT2D eigenvalue weighted by atomic mass is 16.5. The largest absolute Gasteiger partial charge is 0.481 e. The zero-order chi connectivity index (χ0) is 18.1. The Hall–Kier alpha value is -2.41. The van der Waals surface area contributed by atoms with E-state index in [1.54, 1.807) is 32.2 Å². The van der Waals surface area contributed by atoms with Gasteiger partial charge in [-0.2, -0.15) is 0 Å². The van der Waals surface area contributed by atoms with Gasteiger partial charge in [-0.1, -0.05) is 0 Å². The number of carboxylic acids is 1. The van der Waals surface area contributed by atoms with Crippen molar-refractivity contribution in [1.29, 1.82) is 0 Å². The van der Waals surface area contributed by atoms with E-state index >= 15 is 0 Å². The van der Waals surface area contributed by atoms with Gasteiger partial charge in [0.15, 0.2) is 11.9 Å². The Morgan fingerprint density at radius 1 is 1.36 bits per heavy atom. The number of aliphatic carboxylic acids is 1. The molecule has 0 radical (unpaired) electrons. The highest BCUT2D eigenvalue weighted by molar-refractivity contribution is 6.03. The molecule has 2 heterocycles. The molecule has 1 fully saturated rings. The lowest BCUT2D eigenvalue weighted by molar-refractivity contribution is -0.143. The molecule has 0 saturated carbocycles. The molecule has 2 aliphatic heterocycles. The van der Waals surface area contributed by atoms with Gasteiger partial charge in [-0.15, -0.1) is 0 Å². The van der Waals surface area contributed by atoms with Crippen molar-refractivity contribution < 1.29 is 24.2 Å². The molecule has 1 aromatic carbocycles. The second-order valence-electron chi connectivity index (χ2n) is 6.68. The number of ether oxygens (including phenoxy) is 1. The lowest BCUT2D eigenvalue weighted by Gasteiger charge is -2.31. The van der Waals surface area contributed by atoms with Gasteiger partial charge in [-0.05, 0) is 44.5 Å². The minimum atomic E-state index is -0.808. The third-order valence-corrected chi connectivity index (χ3v) is 4.85. The zero-order valence-corrected chi connectivity index (χ0v) is 14.4. The molecule has 0 aliphatic carbocycles. The van der Waals surface area contributed by atoms with Crippen LogP contribution in [0, 0.1) is 5.92 Å². The normalized spacial score (nSPS) is 23.8. The number of piperidine rings is 1. The van der Waals surface area contributed by atoms with E-state index in [9.17, 15) is 14.4 Å². The van der Waals surface area contributed by atoms with E-state index in [4.69, 9.17) is 9.84 Å². The maximum absolute atomic E-state index is 12.6. The molecular formula is C18H22N2O5. The molecule has 2 aliphatic rings. The average molecular weight is 346 g/mol. The predicted molar refractivity (Wildman–Crippen MR) is 91.1 cm³/mol. The molecular weight excluding hydrogens is 324 g/mol.